The standard InChI is InChI=1S/C20H24FN5O3/c1-15-23-17(13-22)20(29-15)26-9-7-25(8-10-26)19(27)14-24(2)11-12-28-18-6-4-3-5-16(18)21/h3-6H,7-12,14H2,1-2H3. The van der Waals surface area contributed by atoms with Crippen LogP contribution in [0.1, 0.15) is 11.6 Å². The first-order valence-corrected chi connectivity index (χ1v) is 9.44. The van der Waals surface area contributed by atoms with Crippen molar-refractivity contribution >= 4 is 11.8 Å². The van der Waals surface area contributed by atoms with Crippen molar-refractivity contribution in [3.05, 3.63) is 41.7 Å². The van der Waals surface area contributed by atoms with Crippen LogP contribution in [0.3, 0.4) is 0 Å². The van der Waals surface area contributed by atoms with Crippen molar-refractivity contribution < 1.29 is 18.3 Å². The zero-order valence-electron chi connectivity index (χ0n) is 16.6. The molecule has 8 nitrogen and oxygen atoms in total. The Labute approximate surface area is 169 Å². The van der Waals surface area contributed by atoms with E-state index in [2.05, 4.69) is 4.98 Å². The SMILES string of the molecule is Cc1nc(C#N)c(N2CCN(C(=O)CN(C)CCOc3ccccc3F)CC2)o1. The van der Waals surface area contributed by atoms with Gasteiger partial charge in [0.2, 0.25) is 17.5 Å². The zero-order valence-corrected chi connectivity index (χ0v) is 16.6. The number of rotatable bonds is 7. The quantitative estimate of drug-likeness (QED) is 0.697. The fourth-order valence-corrected chi connectivity index (χ4v) is 3.15. The maximum Gasteiger partial charge on any atom is 0.236 e. The Morgan fingerprint density at radius 2 is 2.07 bits per heavy atom. The average Bonchev–Trinajstić information content (AvgIpc) is 3.10. The van der Waals surface area contributed by atoms with Gasteiger partial charge in [-0.2, -0.15) is 5.26 Å². The van der Waals surface area contributed by atoms with Gasteiger partial charge >= 0.3 is 0 Å². The van der Waals surface area contributed by atoms with E-state index >= 15 is 0 Å². The van der Waals surface area contributed by atoms with Crippen LogP contribution < -0.4 is 9.64 Å². The predicted molar refractivity (Wildman–Crippen MR) is 104 cm³/mol. The monoisotopic (exact) mass is 401 g/mol. The number of carbonyl (C=O) groups is 1. The van der Waals surface area contributed by atoms with E-state index in [-0.39, 0.29) is 23.9 Å². The summed E-state index contributed by atoms with van der Waals surface area (Å²) in [4.78, 5) is 22.2. The van der Waals surface area contributed by atoms with Gasteiger partial charge in [-0.3, -0.25) is 9.69 Å². The van der Waals surface area contributed by atoms with E-state index in [0.717, 1.165) is 0 Å². The smallest absolute Gasteiger partial charge is 0.236 e. The van der Waals surface area contributed by atoms with Crippen LogP contribution in [0.25, 0.3) is 0 Å². The Morgan fingerprint density at radius 1 is 1.34 bits per heavy atom. The number of amides is 1. The Morgan fingerprint density at radius 3 is 2.76 bits per heavy atom. The van der Waals surface area contributed by atoms with Gasteiger partial charge in [-0.1, -0.05) is 12.1 Å². The number of hydrogen-bond donors (Lipinski definition) is 0. The van der Waals surface area contributed by atoms with E-state index in [4.69, 9.17) is 14.4 Å². The molecule has 0 saturated carbocycles. The molecule has 1 saturated heterocycles. The van der Waals surface area contributed by atoms with Crippen LogP contribution in [0.2, 0.25) is 0 Å². The first-order valence-electron chi connectivity index (χ1n) is 9.44. The molecule has 29 heavy (non-hydrogen) atoms. The van der Waals surface area contributed by atoms with Crippen LogP contribution >= 0.6 is 0 Å². The van der Waals surface area contributed by atoms with Crippen LogP contribution in [-0.2, 0) is 4.79 Å². The van der Waals surface area contributed by atoms with Crippen molar-refractivity contribution in [2.75, 3.05) is 57.8 Å². The highest BCUT2D eigenvalue weighted by molar-refractivity contribution is 5.78. The van der Waals surface area contributed by atoms with Crippen molar-refractivity contribution in [3.63, 3.8) is 0 Å². The number of nitriles is 1. The molecule has 3 rings (SSSR count). The molecular weight excluding hydrogens is 377 g/mol. The third-order valence-corrected chi connectivity index (χ3v) is 4.71. The van der Waals surface area contributed by atoms with Crippen LogP contribution in [0, 0.1) is 24.1 Å². The molecule has 2 aromatic rings. The third kappa shape index (κ3) is 5.23. The highest BCUT2D eigenvalue weighted by Gasteiger charge is 2.26. The van der Waals surface area contributed by atoms with Gasteiger partial charge < -0.3 is 19.0 Å². The maximum absolute atomic E-state index is 13.5. The molecule has 1 aliphatic rings. The minimum Gasteiger partial charge on any atom is -0.489 e. The van der Waals surface area contributed by atoms with Crippen molar-refractivity contribution in [1.29, 1.82) is 5.26 Å². The maximum atomic E-state index is 13.5. The lowest BCUT2D eigenvalue weighted by atomic mass is 10.3. The van der Waals surface area contributed by atoms with E-state index in [0.29, 0.717) is 51.1 Å². The summed E-state index contributed by atoms with van der Waals surface area (Å²) < 4.78 is 24.5. The summed E-state index contributed by atoms with van der Waals surface area (Å²) in [6.45, 7) is 5.00. The number of anilines is 1. The minimum atomic E-state index is -0.398. The number of benzene rings is 1. The lowest BCUT2D eigenvalue weighted by Gasteiger charge is -2.35. The van der Waals surface area contributed by atoms with Gasteiger partial charge in [0, 0.05) is 39.6 Å². The molecule has 0 aliphatic carbocycles. The average molecular weight is 401 g/mol. The fraction of sp³-hybridized carbons (Fsp3) is 0.450. The molecule has 1 aromatic heterocycles. The number of halogens is 1. The molecule has 1 aliphatic heterocycles. The van der Waals surface area contributed by atoms with Gasteiger partial charge in [0.25, 0.3) is 0 Å². The van der Waals surface area contributed by atoms with Crippen molar-refractivity contribution in [3.8, 4) is 11.8 Å². The highest BCUT2D eigenvalue weighted by atomic mass is 19.1. The summed E-state index contributed by atoms with van der Waals surface area (Å²) in [5.74, 6) is 0.759. The topological polar surface area (TPSA) is 85.8 Å². The molecule has 0 spiro atoms. The summed E-state index contributed by atoms with van der Waals surface area (Å²) in [5.41, 5.74) is 0.275. The van der Waals surface area contributed by atoms with E-state index in [1.165, 1.54) is 6.07 Å². The second-order valence-electron chi connectivity index (χ2n) is 6.88. The van der Waals surface area contributed by atoms with Gasteiger partial charge in [0.15, 0.2) is 17.5 Å². The molecule has 9 heteroatoms. The van der Waals surface area contributed by atoms with Gasteiger partial charge in [-0.25, -0.2) is 9.37 Å². The van der Waals surface area contributed by atoms with E-state index in [1.807, 2.05) is 22.9 Å². The number of ether oxygens (including phenoxy) is 1. The van der Waals surface area contributed by atoms with Crippen LogP contribution in [0.4, 0.5) is 10.3 Å². The molecule has 0 unspecified atom stereocenters. The molecule has 0 N–H and O–H groups in total. The number of likely N-dealkylation sites (N-methyl/N-ethyl adjacent to an activating group) is 1. The highest BCUT2D eigenvalue weighted by Crippen LogP contribution is 2.22. The Balaban J connectivity index is 1.42. The number of carbonyl (C=O) groups excluding carboxylic acids is 1. The van der Waals surface area contributed by atoms with Gasteiger partial charge in [0.1, 0.15) is 12.7 Å². The summed E-state index contributed by atoms with van der Waals surface area (Å²) >= 11 is 0. The van der Waals surface area contributed by atoms with E-state index in [9.17, 15) is 9.18 Å². The van der Waals surface area contributed by atoms with Crippen LogP contribution in [0.5, 0.6) is 5.75 Å². The summed E-state index contributed by atoms with van der Waals surface area (Å²) in [6.07, 6.45) is 0. The number of para-hydroxylation sites is 1. The van der Waals surface area contributed by atoms with Crippen molar-refractivity contribution in [1.82, 2.24) is 14.8 Å². The summed E-state index contributed by atoms with van der Waals surface area (Å²) in [5, 5.41) is 9.16. The Hall–Kier alpha value is -3.12. The molecule has 154 valence electrons. The molecule has 1 amide bonds. The van der Waals surface area contributed by atoms with E-state index in [1.54, 1.807) is 30.0 Å². The van der Waals surface area contributed by atoms with Crippen molar-refractivity contribution in [2.24, 2.45) is 0 Å². The lowest BCUT2D eigenvalue weighted by molar-refractivity contribution is -0.132. The molecule has 0 radical (unpaired) electrons. The predicted octanol–water partition coefficient (Wildman–Crippen LogP) is 1.65. The number of piperazine rings is 1. The normalized spacial score (nSPS) is 14.2. The summed E-state index contributed by atoms with van der Waals surface area (Å²) in [6, 6.07) is 8.29. The van der Waals surface area contributed by atoms with Gasteiger partial charge in [0.05, 0.1) is 6.54 Å². The largest absolute Gasteiger partial charge is 0.489 e. The molecule has 0 atom stereocenters. The number of aromatic nitrogens is 1. The van der Waals surface area contributed by atoms with Crippen LogP contribution in [0.15, 0.2) is 28.7 Å². The van der Waals surface area contributed by atoms with Gasteiger partial charge in [-0.05, 0) is 19.2 Å². The van der Waals surface area contributed by atoms with E-state index < -0.39 is 5.82 Å². The first-order chi connectivity index (χ1) is 14.0. The third-order valence-electron chi connectivity index (χ3n) is 4.71. The zero-order chi connectivity index (χ0) is 20.8. The number of nitrogens with zero attached hydrogens (tertiary/aromatic N) is 5. The van der Waals surface area contributed by atoms with Gasteiger partial charge in [-0.15, -0.1) is 0 Å². The lowest BCUT2D eigenvalue weighted by Crippen LogP contribution is -2.51. The Kier molecular flexibility index (Phi) is 6.67. The molecule has 1 fully saturated rings. The Bertz CT molecular complexity index is 886. The second kappa shape index (κ2) is 9.39. The number of hydrogen-bond acceptors (Lipinski definition) is 7. The first kappa shape index (κ1) is 20.6. The van der Waals surface area contributed by atoms with Crippen LogP contribution in [-0.4, -0.2) is 73.6 Å². The van der Waals surface area contributed by atoms with Crippen molar-refractivity contribution in [2.45, 2.75) is 6.92 Å². The molecule has 2 heterocycles. The molecule has 1 aromatic carbocycles. The minimum absolute atomic E-state index is 0.0206. The molecular formula is C20H24FN5O3. The fourth-order valence-electron chi connectivity index (χ4n) is 3.15. The summed E-state index contributed by atoms with van der Waals surface area (Å²) in [7, 11) is 1.83. The number of oxazole rings is 1. The second-order valence-corrected chi connectivity index (χ2v) is 6.88. The number of aryl methyl sites for hydroxylation is 1. The molecule has 0 bridgehead atoms.